The molecule has 36 heavy (non-hydrogen) atoms. The lowest BCUT2D eigenvalue weighted by atomic mass is 9.97. The van der Waals surface area contributed by atoms with Crippen LogP contribution in [0.4, 0.5) is 0 Å². The first-order valence-electron chi connectivity index (χ1n) is 12.5. The Morgan fingerprint density at radius 3 is 1.31 bits per heavy atom. The van der Waals surface area contributed by atoms with E-state index < -0.39 is 0 Å². The van der Waals surface area contributed by atoms with E-state index in [2.05, 4.69) is 62.4 Å². The maximum atomic E-state index is 4.73. The van der Waals surface area contributed by atoms with Crippen molar-refractivity contribution in [3.63, 3.8) is 0 Å². The summed E-state index contributed by atoms with van der Waals surface area (Å²) in [5.41, 5.74) is 8.31. The van der Waals surface area contributed by atoms with Gasteiger partial charge >= 0.3 is 0 Å². The highest BCUT2D eigenvalue weighted by atomic mass is 32.1. The Morgan fingerprint density at radius 1 is 0.500 bits per heavy atom. The molecule has 4 nitrogen and oxygen atoms in total. The predicted molar refractivity (Wildman–Crippen MR) is 158 cm³/mol. The van der Waals surface area contributed by atoms with Gasteiger partial charge < -0.3 is 0 Å². The molecule has 2 aromatic carbocycles. The molecule has 0 amide bonds. The molecule has 6 rings (SSSR count). The highest BCUT2D eigenvalue weighted by Crippen LogP contribution is 2.42. The zero-order chi connectivity index (χ0) is 24.5. The van der Waals surface area contributed by atoms with Crippen molar-refractivity contribution in [2.24, 2.45) is 0 Å². The summed E-state index contributed by atoms with van der Waals surface area (Å²) in [4.78, 5) is 5.39. The summed E-state index contributed by atoms with van der Waals surface area (Å²) in [5, 5.41) is 0. The molecule has 4 aromatic heterocycles. The number of nitrogens with zero attached hydrogens (tertiary/aromatic N) is 4. The van der Waals surface area contributed by atoms with Gasteiger partial charge in [0.1, 0.15) is 22.1 Å². The van der Waals surface area contributed by atoms with Gasteiger partial charge in [-0.1, -0.05) is 51.0 Å². The van der Waals surface area contributed by atoms with Crippen LogP contribution in [0.1, 0.15) is 49.3 Å². The Morgan fingerprint density at radius 2 is 0.889 bits per heavy atom. The molecule has 0 aliphatic carbocycles. The average Bonchev–Trinajstić information content (AvgIpc) is 3.72. The first-order chi connectivity index (χ1) is 17.8. The van der Waals surface area contributed by atoms with Crippen LogP contribution >= 0.6 is 46.1 Å². The highest BCUT2D eigenvalue weighted by molar-refractivity contribution is 7.16. The maximum Gasteiger partial charge on any atom is 0.114 e. The highest BCUT2D eigenvalue weighted by Gasteiger charge is 2.19. The Balaban J connectivity index is 1.40. The minimum Gasteiger partial charge on any atom is -0.172 e. The van der Waals surface area contributed by atoms with Gasteiger partial charge in [-0.25, -0.2) is 0 Å². The van der Waals surface area contributed by atoms with Crippen molar-refractivity contribution in [2.45, 2.75) is 52.4 Å². The zero-order valence-electron chi connectivity index (χ0n) is 20.3. The van der Waals surface area contributed by atoms with Gasteiger partial charge in [0.25, 0.3) is 0 Å². The summed E-state index contributed by atoms with van der Waals surface area (Å²) in [6, 6.07) is 17.8. The van der Waals surface area contributed by atoms with E-state index in [1.807, 2.05) is 22.7 Å². The van der Waals surface area contributed by atoms with E-state index >= 15 is 0 Å². The number of aryl methyl sites for hydroxylation is 2. The third-order valence-corrected chi connectivity index (χ3v) is 9.94. The fourth-order valence-corrected chi connectivity index (χ4v) is 7.88. The molecule has 0 aliphatic heterocycles. The van der Waals surface area contributed by atoms with Crippen LogP contribution in [-0.4, -0.2) is 17.5 Å². The monoisotopic (exact) mass is 546 g/mol. The molecule has 0 saturated heterocycles. The van der Waals surface area contributed by atoms with Crippen molar-refractivity contribution < 1.29 is 0 Å². The third kappa shape index (κ3) is 4.41. The van der Waals surface area contributed by atoms with Crippen LogP contribution in [-0.2, 0) is 12.8 Å². The molecule has 8 heteroatoms. The van der Waals surface area contributed by atoms with Crippen LogP contribution in [0.25, 0.3) is 54.1 Å². The summed E-state index contributed by atoms with van der Waals surface area (Å²) in [5.74, 6) is 0. The van der Waals surface area contributed by atoms with Crippen molar-refractivity contribution in [1.29, 1.82) is 0 Å². The molecule has 0 aliphatic rings. The topological polar surface area (TPSA) is 51.6 Å². The summed E-state index contributed by atoms with van der Waals surface area (Å²) in [6.45, 7) is 4.48. The zero-order valence-corrected chi connectivity index (χ0v) is 23.5. The lowest BCUT2D eigenvalue weighted by molar-refractivity contribution is 0.804. The first-order valence-corrected chi connectivity index (χ1v) is 15.5. The molecule has 0 bridgehead atoms. The Labute approximate surface area is 227 Å². The molecular weight excluding hydrogens is 521 g/mol. The van der Waals surface area contributed by atoms with Crippen molar-refractivity contribution >= 4 is 68.2 Å². The van der Waals surface area contributed by atoms with E-state index in [4.69, 9.17) is 17.5 Å². The van der Waals surface area contributed by atoms with Crippen LogP contribution in [0.3, 0.4) is 0 Å². The largest absolute Gasteiger partial charge is 0.172 e. The van der Waals surface area contributed by atoms with Gasteiger partial charge in [0.15, 0.2) is 0 Å². The molecular formula is C28H26N4S4. The second kappa shape index (κ2) is 10.5. The number of fused-ring (bicyclic) bond motifs is 2. The molecule has 0 unspecified atom stereocenters. The molecule has 0 saturated carbocycles. The van der Waals surface area contributed by atoms with Gasteiger partial charge in [-0.2, -0.15) is 17.5 Å². The molecule has 0 N–H and O–H groups in total. The summed E-state index contributed by atoms with van der Waals surface area (Å²) >= 11 is 6.31. The molecule has 4 heterocycles. The smallest absolute Gasteiger partial charge is 0.114 e. The molecule has 0 fully saturated rings. The minimum atomic E-state index is 0.945. The summed E-state index contributed by atoms with van der Waals surface area (Å²) in [6.07, 6.45) is 7.17. The van der Waals surface area contributed by atoms with Crippen LogP contribution in [0.5, 0.6) is 0 Å². The fraction of sp³-hybridized carbons (Fsp3) is 0.286. The number of benzene rings is 2. The van der Waals surface area contributed by atoms with Crippen LogP contribution in [0.15, 0.2) is 48.5 Å². The van der Waals surface area contributed by atoms with Crippen molar-refractivity contribution in [1.82, 2.24) is 17.5 Å². The van der Waals surface area contributed by atoms with Crippen LogP contribution in [0, 0.1) is 0 Å². The SMILES string of the molecule is CCCCc1ccc(-c2ccc(-c3ccc(-c4ccc(CCCC)s4)c4nsnc34)c3nsnc23)s1. The van der Waals surface area contributed by atoms with E-state index in [0.717, 1.165) is 57.2 Å². The van der Waals surface area contributed by atoms with E-state index in [-0.39, 0.29) is 0 Å². The molecule has 0 radical (unpaired) electrons. The van der Waals surface area contributed by atoms with Crippen LogP contribution in [0.2, 0.25) is 0 Å². The molecule has 6 aromatic rings. The Hall–Kier alpha value is -2.52. The fourth-order valence-electron chi connectivity index (χ4n) is 4.58. The molecule has 0 spiro atoms. The average molecular weight is 547 g/mol. The van der Waals surface area contributed by atoms with E-state index in [0.29, 0.717) is 0 Å². The predicted octanol–water partition coefficient (Wildman–Crippen LogP) is 9.51. The Bertz CT molecular complexity index is 1520. The van der Waals surface area contributed by atoms with Crippen LogP contribution < -0.4 is 0 Å². The second-order valence-electron chi connectivity index (χ2n) is 8.98. The molecule has 0 atom stereocenters. The normalized spacial score (nSPS) is 11.7. The number of rotatable bonds is 9. The van der Waals surface area contributed by atoms with Gasteiger partial charge in [0.05, 0.1) is 23.5 Å². The van der Waals surface area contributed by atoms with Gasteiger partial charge in [-0.05, 0) is 49.9 Å². The number of unbranched alkanes of at least 4 members (excludes halogenated alkanes) is 2. The quantitative estimate of drug-likeness (QED) is 0.181. The van der Waals surface area contributed by atoms with E-state index in [1.54, 1.807) is 0 Å². The van der Waals surface area contributed by atoms with Crippen molar-refractivity contribution in [3.05, 3.63) is 58.3 Å². The second-order valence-corrected chi connectivity index (χ2v) is 12.4. The standard InChI is InChI=1S/C28H26N4S4/c1-3-5-7-17-9-15-23(33-17)21-13-11-19(25-27(21)31-35-29-25)20-12-14-22(28-26(20)30-36-32-28)24-16-10-18(34-24)8-6-4-2/h9-16H,3-8H2,1-2H3. The summed E-state index contributed by atoms with van der Waals surface area (Å²) < 4.78 is 18.9. The van der Waals surface area contributed by atoms with Gasteiger partial charge in [0.2, 0.25) is 0 Å². The maximum absolute atomic E-state index is 4.73. The number of aromatic nitrogens is 4. The van der Waals surface area contributed by atoms with E-state index in [1.165, 1.54) is 68.6 Å². The van der Waals surface area contributed by atoms with Crippen molar-refractivity contribution in [2.75, 3.05) is 0 Å². The third-order valence-electron chi connectivity index (χ3n) is 6.53. The minimum absolute atomic E-state index is 0.945. The first kappa shape index (κ1) is 23.9. The lowest BCUT2D eigenvalue weighted by Crippen LogP contribution is -1.87. The van der Waals surface area contributed by atoms with E-state index in [9.17, 15) is 0 Å². The number of thiophene rings is 2. The lowest BCUT2D eigenvalue weighted by Gasteiger charge is -2.08. The summed E-state index contributed by atoms with van der Waals surface area (Å²) in [7, 11) is 0. The van der Waals surface area contributed by atoms with Gasteiger partial charge in [-0.3, -0.25) is 0 Å². The molecule has 182 valence electrons. The van der Waals surface area contributed by atoms with Gasteiger partial charge in [0, 0.05) is 41.8 Å². The number of hydrogen-bond donors (Lipinski definition) is 0. The Kier molecular flexibility index (Phi) is 6.93. The number of hydrogen-bond acceptors (Lipinski definition) is 8. The van der Waals surface area contributed by atoms with Gasteiger partial charge in [-0.15, -0.1) is 22.7 Å². The van der Waals surface area contributed by atoms with Crippen molar-refractivity contribution in [3.8, 4) is 32.0 Å².